The Morgan fingerprint density at radius 1 is 1.16 bits per heavy atom. The summed E-state index contributed by atoms with van der Waals surface area (Å²) < 4.78 is 0. The Hall–Kier alpha value is -1.51. The van der Waals surface area contributed by atoms with Crippen LogP contribution in [0.25, 0.3) is 0 Å². The first-order valence-electron chi connectivity index (χ1n) is 7.03. The third-order valence-corrected chi connectivity index (χ3v) is 4.28. The van der Waals surface area contributed by atoms with Gasteiger partial charge in [-0.2, -0.15) is 0 Å². The van der Waals surface area contributed by atoms with Crippen molar-refractivity contribution in [2.24, 2.45) is 0 Å². The molecule has 0 radical (unpaired) electrons. The first-order valence-corrected chi connectivity index (χ1v) is 7.03. The minimum Gasteiger partial charge on any atom is -0.508 e. The monoisotopic (exact) mass is 262 g/mol. The van der Waals surface area contributed by atoms with Crippen LogP contribution >= 0.6 is 0 Å². The average molecular weight is 262 g/mol. The lowest BCUT2D eigenvalue weighted by atomic mass is 9.69. The summed E-state index contributed by atoms with van der Waals surface area (Å²) in [6.07, 6.45) is 4.33. The van der Waals surface area contributed by atoms with Crippen molar-refractivity contribution in [1.82, 2.24) is 0 Å². The lowest BCUT2D eigenvalue weighted by Crippen LogP contribution is -2.37. The Morgan fingerprint density at radius 2 is 1.79 bits per heavy atom. The molecule has 0 spiro atoms. The van der Waals surface area contributed by atoms with Crippen LogP contribution in [0.5, 0.6) is 5.75 Å². The van der Waals surface area contributed by atoms with Gasteiger partial charge in [-0.25, -0.2) is 0 Å². The fraction of sp³-hybridized carbons (Fsp3) is 0.562. The minimum absolute atomic E-state index is 0.174. The SMILES string of the molecule is CC(C)c1cc(O)cc(C2(C(=O)O)CCCCC2)c1. The fourth-order valence-electron chi connectivity index (χ4n) is 3.03. The zero-order valence-corrected chi connectivity index (χ0v) is 11.6. The molecule has 2 N–H and O–H groups in total. The zero-order chi connectivity index (χ0) is 14.0. The van der Waals surface area contributed by atoms with E-state index in [1.165, 1.54) is 0 Å². The maximum atomic E-state index is 11.8. The van der Waals surface area contributed by atoms with Crippen LogP contribution in [-0.2, 0) is 10.2 Å². The molecular weight excluding hydrogens is 240 g/mol. The van der Waals surface area contributed by atoms with E-state index in [9.17, 15) is 15.0 Å². The Balaban J connectivity index is 2.50. The number of phenolic OH excluding ortho intramolecular Hbond substituents is 1. The maximum Gasteiger partial charge on any atom is 0.314 e. The summed E-state index contributed by atoms with van der Waals surface area (Å²) in [5.74, 6) is -0.305. The van der Waals surface area contributed by atoms with E-state index < -0.39 is 11.4 Å². The van der Waals surface area contributed by atoms with E-state index in [4.69, 9.17) is 0 Å². The number of carbonyl (C=O) groups is 1. The molecule has 1 aromatic rings. The van der Waals surface area contributed by atoms with Crippen LogP contribution in [0, 0.1) is 0 Å². The summed E-state index contributed by atoms with van der Waals surface area (Å²) in [5.41, 5.74) is 0.963. The number of hydrogen-bond acceptors (Lipinski definition) is 2. The number of phenols is 1. The van der Waals surface area contributed by atoms with Gasteiger partial charge in [0.15, 0.2) is 0 Å². The van der Waals surface area contributed by atoms with Gasteiger partial charge in [0.05, 0.1) is 5.41 Å². The molecule has 1 fully saturated rings. The van der Waals surface area contributed by atoms with E-state index in [0.717, 1.165) is 30.4 Å². The Morgan fingerprint density at radius 3 is 2.32 bits per heavy atom. The van der Waals surface area contributed by atoms with Crippen molar-refractivity contribution in [2.45, 2.75) is 57.3 Å². The molecule has 3 nitrogen and oxygen atoms in total. The molecule has 0 heterocycles. The molecule has 1 saturated carbocycles. The average Bonchev–Trinajstić information content (AvgIpc) is 2.38. The van der Waals surface area contributed by atoms with Gasteiger partial charge >= 0.3 is 5.97 Å². The third-order valence-electron chi connectivity index (χ3n) is 4.28. The normalized spacial score (nSPS) is 18.5. The van der Waals surface area contributed by atoms with Crippen molar-refractivity contribution in [3.05, 3.63) is 29.3 Å². The molecule has 0 atom stereocenters. The Bertz CT molecular complexity index is 471. The van der Waals surface area contributed by atoms with E-state index in [0.29, 0.717) is 12.8 Å². The van der Waals surface area contributed by atoms with E-state index in [1.807, 2.05) is 19.9 Å². The quantitative estimate of drug-likeness (QED) is 0.871. The second-order valence-electron chi connectivity index (χ2n) is 5.92. The molecule has 0 amide bonds. The first-order chi connectivity index (χ1) is 8.95. The number of carboxylic acid groups (broad SMARTS) is 1. The Labute approximate surface area is 114 Å². The van der Waals surface area contributed by atoms with Gasteiger partial charge in [-0.3, -0.25) is 4.79 Å². The predicted molar refractivity (Wildman–Crippen MR) is 74.6 cm³/mol. The van der Waals surface area contributed by atoms with Gasteiger partial charge < -0.3 is 10.2 Å². The molecule has 2 rings (SSSR count). The summed E-state index contributed by atoms with van der Waals surface area (Å²) in [5, 5.41) is 19.6. The van der Waals surface area contributed by atoms with Gasteiger partial charge in [-0.15, -0.1) is 0 Å². The molecule has 0 aliphatic heterocycles. The smallest absolute Gasteiger partial charge is 0.314 e. The fourth-order valence-corrected chi connectivity index (χ4v) is 3.03. The van der Waals surface area contributed by atoms with Crippen molar-refractivity contribution in [3.8, 4) is 5.75 Å². The largest absolute Gasteiger partial charge is 0.508 e. The van der Waals surface area contributed by atoms with Crippen LogP contribution in [0.2, 0.25) is 0 Å². The van der Waals surface area contributed by atoms with Crippen molar-refractivity contribution >= 4 is 5.97 Å². The first kappa shape index (κ1) is 13.9. The number of hydrogen-bond donors (Lipinski definition) is 2. The molecular formula is C16H22O3. The highest BCUT2D eigenvalue weighted by atomic mass is 16.4. The van der Waals surface area contributed by atoms with Crippen LogP contribution < -0.4 is 0 Å². The van der Waals surface area contributed by atoms with E-state index in [-0.39, 0.29) is 11.7 Å². The van der Waals surface area contributed by atoms with E-state index in [1.54, 1.807) is 12.1 Å². The lowest BCUT2D eigenvalue weighted by Gasteiger charge is -2.34. The van der Waals surface area contributed by atoms with E-state index >= 15 is 0 Å². The van der Waals surface area contributed by atoms with Crippen molar-refractivity contribution in [1.29, 1.82) is 0 Å². The van der Waals surface area contributed by atoms with Crippen LogP contribution in [0.4, 0.5) is 0 Å². The second-order valence-corrected chi connectivity index (χ2v) is 5.92. The number of rotatable bonds is 3. The van der Waals surface area contributed by atoms with Gasteiger partial charge in [0, 0.05) is 0 Å². The molecule has 0 bridgehead atoms. The standard InChI is InChI=1S/C16H22O3/c1-11(2)12-8-13(10-14(17)9-12)16(15(18)19)6-4-3-5-7-16/h8-11,17H,3-7H2,1-2H3,(H,18,19). The lowest BCUT2D eigenvalue weighted by molar-refractivity contribution is -0.145. The van der Waals surface area contributed by atoms with Gasteiger partial charge in [-0.05, 0) is 42.0 Å². The van der Waals surface area contributed by atoms with Gasteiger partial charge in [0.1, 0.15) is 5.75 Å². The molecule has 3 heteroatoms. The molecule has 1 aliphatic carbocycles. The number of carboxylic acids is 1. The van der Waals surface area contributed by atoms with Crippen LogP contribution in [-0.4, -0.2) is 16.2 Å². The maximum absolute atomic E-state index is 11.8. The molecule has 104 valence electrons. The van der Waals surface area contributed by atoms with Gasteiger partial charge in [0.2, 0.25) is 0 Å². The topological polar surface area (TPSA) is 57.5 Å². The van der Waals surface area contributed by atoms with Crippen LogP contribution in [0.3, 0.4) is 0 Å². The molecule has 19 heavy (non-hydrogen) atoms. The predicted octanol–water partition coefficient (Wildman–Crippen LogP) is 3.80. The van der Waals surface area contributed by atoms with Crippen molar-refractivity contribution < 1.29 is 15.0 Å². The molecule has 0 unspecified atom stereocenters. The second kappa shape index (κ2) is 5.24. The number of aromatic hydroxyl groups is 1. The number of benzene rings is 1. The summed E-state index contributed by atoms with van der Waals surface area (Å²) in [4.78, 5) is 11.8. The molecule has 0 saturated heterocycles. The molecule has 1 aromatic carbocycles. The van der Waals surface area contributed by atoms with Gasteiger partial charge in [0.25, 0.3) is 0 Å². The van der Waals surface area contributed by atoms with Crippen molar-refractivity contribution in [3.63, 3.8) is 0 Å². The Kier molecular flexibility index (Phi) is 3.83. The number of aliphatic carboxylic acids is 1. The summed E-state index contributed by atoms with van der Waals surface area (Å²) in [6.45, 7) is 4.10. The zero-order valence-electron chi connectivity index (χ0n) is 11.6. The minimum atomic E-state index is -0.805. The summed E-state index contributed by atoms with van der Waals surface area (Å²) in [6, 6.07) is 5.32. The molecule has 1 aliphatic rings. The summed E-state index contributed by atoms with van der Waals surface area (Å²) in [7, 11) is 0. The highest BCUT2D eigenvalue weighted by molar-refractivity contribution is 5.81. The van der Waals surface area contributed by atoms with Crippen LogP contribution in [0.1, 0.15) is 63.0 Å². The van der Waals surface area contributed by atoms with E-state index in [2.05, 4.69) is 0 Å². The highest BCUT2D eigenvalue weighted by Crippen LogP contribution is 2.41. The van der Waals surface area contributed by atoms with Crippen LogP contribution in [0.15, 0.2) is 18.2 Å². The third kappa shape index (κ3) is 2.60. The highest BCUT2D eigenvalue weighted by Gasteiger charge is 2.41. The molecule has 0 aromatic heterocycles. The van der Waals surface area contributed by atoms with Crippen molar-refractivity contribution in [2.75, 3.05) is 0 Å². The summed E-state index contributed by atoms with van der Waals surface area (Å²) >= 11 is 0. The van der Waals surface area contributed by atoms with Gasteiger partial charge in [-0.1, -0.05) is 39.2 Å².